The molecule has 12 nitrogen and oxygen atoms in total. The van der Waals surface area contributed by atoms with E-state index in [0.717, 1.165) is 0 Å². The van der Waals surface area contributed by atoms with Gasteiger partial charge in [0.05, 0.1) is 6.61 Å². The van der Waals surface area contributed by atoms with Crippen LogP contribution in [0.2, 0.25) is 0 Å². The van der Waals surface area contributed by atoms with E-state index < -0.39 is 54.5 Å². The molecule has 0 radical (unpaired) electrons. The number of amides is 3. The highest BCUT2D eigenvalue weighted by Gasteiger charge is 2.29. The second-order valence-electron chi connectivity index (χ2n) is 7.65. The third-order valence-electron chi connectivity index (χ3n) is 4.92. The largest absolute Gasteiger partial charge is 0.508 e. The van der Waals surface area contributed by atoms with E-state index in [4.69, 9.17) is 16.6 Å². The maximum Gasteiger partial charge on any atom is 0.326 e. The Labute approximate surface area is 202 Å². The SMILES string of the molecule is NCCCCC(NC(=O)C(CS)NC(=O)C(N)CO)C(=O)NC(Cc1ccc(O)cc1)C(=O)O. The zero-order valence-corrected chi connectivity index (χ0v) is 19.5. The second-order valence-corrected chi connectivity index (χ2v) is 8.01. The Kier molecular flexibility index (Phi) is 13.0. The normalized spacial score (nSPS) is 14.4. The summed E-state index contributed by atoms with van der Waals surface area (Å²) in [5, 5.41) is 35.2. The van der Waals surface area contributed by atoms with Crippen molar-refractivity contribution in [2.45, 2.75) is 49.9 Å². The fraction of sp³-hybridized carbons (Fsp3) is 0.524. The third-order valence-corrected chi connectivity index (χ3v) is 5.28. The molecule has 1 aromatic rings. The number of phenols is 1. The van der Waals surface area contributed by atoms with Gasteiger partial charge in [0.15, 0.2) is 0 Å². The van der Waals surface area contributed by atoms with E-state index in [-0.39, 0.29) is 24.3 Å². The number of benzene rings is 1. The number of carboxylic acid groups (broad SMARTS) is 1. The average Bonchev–Trinajstić information content (AvgIpc) is 2.81. The molecular formula is C21H33N5O7S. The van der Waals surface area contributed by atoms with Crippen LogP contribution in [0.4, 0.5) is 0 Å². The number of nitrogens with one attached hydrogen (secondary N) is 3. The van der Waals surface area contributed by atoms with Crippen LogP contribution in [0.25, 0.3) is 0 Å². The minimum atomic E-state index is -1.28. The number of aromatic hydroxyl groups is 1. The molecule has 0 saturated carbocycles. The molecule has 0 bridgehead atoms. The highest BCUT2D eigenvalue weighted by atomic mass is 32.1. The quantitative estimate of drug-likeness (QED) is 0.0948. The molecule has 3 amide bonds. The Balaban J connectivity index is 2.92. The van der Waals surface area contributed by atoms with Gasteiger partial charge in [-0.25, -0.2) is 4.79 Å². The van der Waals surface area contributed by atoms with E-state index >= 15 is 0 Å². The fourth-order valence-electron chi connectivity index (χ4n) is 2.93. The lowest BCUT2D eigenvalue weighted by molar-refractivity contribution is -0.142. The van der Waals surface area contributed by atoms with Crippen molar-refractivity contribution < 1.29 is 34.5 Å². The predicted octanol–water partition coefficient (Wildman–Crippen LogP) is -2.15. The summed E-state index contributed by atoms with van der Waals surface area (Å²) in [5.74, 6) is -3.55. The van der Waals surface area contributed by atoms with Gasteiger partial charge in [-0.05, 0) is 43.5 Å². The molecule has 0 aliphatic rings. The predicted molar refractivity (Wildman–Crippen MR) is 127 cm³/mol. The van der Waals surface area contributed by atoms with Crippen molar-refractivity contribution in [1.82, 2.24) is 16.0 Å². The fourth-order valence-corrected chi connectivity index (χ4v) is 3.19. The number of hydrogen-bond donors (Lipinski definition) is 9. The molecule has 0 aliphatic heterocycles. The molecule has 0 spiro atoms. The standard InChI is InChI=1S/C21H33N5O7S/c22-8-2-1-3-15(24-20(31)17(11-34)26-18(29)14(23)10-27)19(30)25-16(21(32)33)9-12-4-6-13(28)7-5-12/h4-7,14-17,27-28,34H,1-3,8-11,22-23H2,(H,24,31)(H,25,30)(H,26,29)(H,32,33). The molecule has 4 atom stereocenters. The number of aliphatic hydroxyl groups is 1. The molecule has 190 valence electrons. The first-order valence-electron chi connectivity index (χ1n) is 10.7. The smallest absolute Gasteiger partial charge is 0.326 e. The summed E-state index contributed by atoms with van der Waals surface area (Å²) in [6.07, 6.45) is 1.20. The summed E-state index contributed by atoms with van der Waals surface area (Å²) in [5.41, 5.74) is 11.5. The van der Waals surface area contributed by atoms with Crippen molar-refractivity contribution in [1.29, 1.82) is 0 Å². The first-order valence-corrected chi connectivity index (χ1v) is 11.3. The summed E-state index contributed by atoms with van der Waals surface area (Å²) in [6.45, 7) is -0.246. The van der Waals surface area contributed by atoms with E-state index in [9.17, 15) is 29.4 Å². The summed E-state index contributed by atoms with van der Waals surface area (Å²) in [4.78, 5) is 49.2. The first-order chi connectivity index (χ1) is 16.1. The summed E-state index contributed by atoms with van der Waals surface area (Å²) in [6, 6.07) is 1.14. The number of hydrogen-bond acceptors (Lipinski definition) is 9. The lowest BCUT2D eigenvalue weighted by Crippen LogP contribution is -2.58. The van der Waals surface area contributed by atoms with Crippen LogP contribution in [0.1, 0.15) is 24.8 Å². The van der Waals surface area contributed by atoms with Gasteiger partial charge < -0.3 is 42.7 Å². The number of unbranched alkanes of at least 4 members (excludes halogenated alkanes) is 1. The van der Waals surface area contributed by atoms with Crippen molar-refractivity contribution in [3.63, 3.8) is 0 Å². The Morgan fingerprint density at radius 3 is 2.00 bits per heavy atom. The zero-order chi connectivity index (χ0) is 25.7. The number of carbonyl (C=O) groups excluding carboxylic acids is 3. The van der Waals surface area contributed by atoms with Gasteiger partial charge in [-0.1, -0.05) is 12.1 Å². The third kappa shape index (κ3) is 9.95. The number of carbonyl (C=O) groups is 4. The summed E-state index contributed by atoms with van der Waals surface area (Å²) >= 11 is 4.04. The number of nitrogens with two attached hydrogens (primary N) is 2. The van der Waals surface area contributed by atoms with Gasteiger partial charge in [0, 0.05) is 12.2 Å². The van der Waals surface area contributed by atoms with Crippen LogP contribution < -0.4 is 27.4 Å². The Morgan fingerprint density at radius 2 is 1.47 bits per heavy atom. The van der Waals surface area contributed by atoms with Crippen LogP contribution >= 0.6 is 12.6 Å². The van der Waals surface area contributed by atoms with Crippen molar-refractivity contribution in [3.8, 4) is 5.75 Å². The molecule has 0 fully saturated rings. The monoisotopic (exact) mass is 499 g/mol. The maximum absolute atomic E-state index is 12.9. The first kappa shape index (κ1) is 29.2. The molecule has 34 heavy (non-hydrogen) atoms. The molecular weight excluding hydrogens is 466 g/mol. The van der Waals surface area contributed by atoms with Crippen LogP contribution in [-0.4, -0.2) is 82.1 Å². The number of carboxylic acids is 1. The minimum absolute atomic E-state index is 0.0214. The highest BCUT2D eigenvalue weighted by molar-refractivity contribution is 7.80. The molecule has 4 unspecified atom stereocenters. The molecule has 0 heterocycles. The van der Waals surface area contributed by atoms with Gasteiger partial charge in [0.2, 0.25) is 17.7 Å². The number of rotatable bonds is 15. The van der Waals surface area contributed by atoms with Gasteiger partial charge in [-0.3, -0.25) is 14.4 Å². The molecule has 0 saturated heterocycles. The molecule has 1 aromatic carbocycles. The maximum atomic E-state index is 12.9. The van der Waals surface area contributed by atoms with Crippen LogP contribution in [0, 0.1) is 0 Å². The minimum Gasteiger partial charge on any atom is -0.508 e. The van der Waals surface area contributed by atoms with Gasteiger partial charge in [-0.15, -0.1) is 0 Å². The van der Waals surface area contributed by atoms with Crippen molar-refractivity contribution >= 4 is 36.3 Å². The lowest BCUT2D eigenvalue weighted by atomic mass is 10.0. The zero-order valence-electron chi connectivity index (χ0n) is 18.6. The van der Waals surface area contributed by atoms with E-state index in [2.05, 4.69) is 28.6 Å². The molecule has 0 aliphatic carbocycles. The number of thiol groups is 1. The van der Waals surface area contributed by atoms with Crippen molar-refractivity contribution in [2.75, 3.05) is 18.9 Å². The van der Waals surface area contributed by atoms with Crippen LogP contribution in [0.15, 0.2) is 24.3 Å². The Morgan fingerprint density at radius 1 is 0.912 bits per heavy atom. The average molecular weight is 500 g/mol. The van der Waals surface area contributed by atoms with Crippen LogP contribution in [-0.2, 0) is 25.6 Å². The van der Waals surface area contributed by atoms with Gasteiger partial charge in [0.1, 0.15) is 29.9 Å². The Hall–Kier alpha value is -2.87. The highest BCUT2D eigenvalue weighted by Crippen LogP contribution is 2.12. The molecule has 1 rings (SSSR count). The van der Waals surface area contributed by atoms with E-state index in [0.29, 0.717) is 24.9 Å². The molecule has 10 N–H and O–H groups in total. The Bertz CT molecular complexity index is 824. The summed E-state index contributed by atoms with van der Waals surface area (Å²) in [7, 11) is 0. The molecule has 0 aromatic heterocycles. The van der Waals surface area contributed by atoms with Crippen LogP contribution in [0.5, 0.6) is 5.75 Å². The summed E-state index contributed by atoms with van der Waals surface area (Å²) < 4.78 is 0. The van der Waals surface area contributed by atoms with E-state index in [1.807, 2.05) is 0 Å². The number of aliphatic hydroxyl groups excluding tert-OH is 1. The van der Waals surface area contributed by atoms with Gasteiger partial charge >= 0.3 is 5.97 Å². The van der Waals surface area contributed by atoms with Crippen molar-refractivity contribution in [3.05, 3.63) is 29.8 Å². The molecule has 13 heteroatoms. The van der Waals surface area contributed by atoms with Gasteiger partial charge in [0.25, 0.3) is 0 Å². The van der Waals surface area contributed by atoms with E-state index in [1.54, 1.807) is 0 Å². The van der Waals surface area contributed by atoms with Crippen molar-refractivity contribution in [2.24, 2.45) is 11.5 Å². The van der Waals surface area contributed by atoms with Gasteiger partial charge in [-0.2, -0.15) is 12.6 Å². The van der Waals surface area contributed by atoms with Crippen LogP contribution in [0.3, 0.4) is 0 Å². The number of aliphatic carboxylic acids is 1. The lowest BCUT2D eigenvalue weighted by Gasteiger charge is -2.24. The second kappa shape index (κ2) is 15.1. The van der Waals surface area contributed by atoms with E-state index in [1.165, 1.54) is 24.3 Å². The number of phenolic OH excluding ortho intramolecular Hbond substituents is 1. The topological polar surface area (TPSA) is 217 Å².